The Morgan fingerprint density at radius 3 is 2.52 bits per heavy atom. The topological polar surface area (TPSA) is 71.3 Å². The third-order valence-corrected chi connectivity index (χ3v) is 6.54. The van der Waals surface area contributed by atoms with Crippen molar-refractivity contribution in [2.24, 2.45) is 11.8 Å². The molecule has 0 spiro atoms. The van der Waals surface area contributed by atoms with Gasteiger partial charge in [0.05, 0.1) is 12.6 Å². The summed E-state index contributed by atoms with van der Waals surface area (Å²) in [4.78, 5) is 19.9. The third kappa shape index (κ3) is 5.69. The fourth-order valence-corrected chi connectivity index (χ4v) is 4.62. The maximum atomic E-state index is 13.1. The Kier molecular flexibility index (Phi) is 7.23. The monoisotopic (exact) mass is 446 g/mol. The highest BCUT2D eigenvalue weighted by Crippen LogP contribution is 2.27. The van der Waals surface area contributed by atoms with Crippen LogP contribution in [0.15, 0.2) is 53.1 Å². The molecule has 0 saturated carbocycles. The summed E-state index contributed by atoms with van der Waals surface area (Å²) in [6.45, 7) is 10.9. The van der Waals surface area contributed by atoms with Gasteiger partial charge in [-0.15, -0.1) is 0 Å². The van der Waals surface area contributed by atoms with E-state index in [9.17, 15) is 4.79 Å². The van der Waals surface area contributed by atoms with Crippen LogP contribution in [0.2, 0.25) is 0 Å². The summed E-state index contributed by atoms with van der Waals surface area (Å²) in [6.07, 6.45) is 1.67. The molecule has 6 heteroatoms. The number of amides is 1. The zero-order valence-corrected chi connectivity index (χ0v) is 20.0. The van der Waals surface area contributed by atoms with Crippen LogP contribution in [0.5, 0.6) is 0 Å². The van der Waals surface area contributed by atoms with Crippen molar-refractivity contribution in [2.45, 2.75) is 53.1 Å². The summed E-state index contributed by atoms with van der Waals surface area (Å²) in [6, 6.07) is 16.4. The van der Waals surface area contributed by atoms with Gasteiger partial charge in [-0.1, -0.05) is 73.1 Å². The second-order valence-corrected chi connectivity index (χ2v) is 9.52. The Bertz CT molecular complexity index is 1070. The lowest BCUT2D eigenvalue weighted by Crippen LogP contribution is -2.42. The van der Waals surface area contributed by atoms with Crippen molar-refractivity contribution in [1.29, 1.82) is 0 Å². The van der Waals surface area contributed by atoms with E-state index in [4.69, 9.17) is 4.52 Å². The second kappa shape index (κ2) is 10.3. The van der Waals surface area contributed by atoms with Crippen LogP contribution < -0.4 is 5.32 Å². The molecule has 33 heavy (non-hydrogen) atoms. The Labute approximate surface area is 196 Å². The van der Waals surface area contributed by atoms with E-state index in [1.807, 2.05) is 30.3 Å². The van der Waals surface area contributed by atoms with Crippen molar-refractivity contribution in [3.63, 3.8) is 0 Å². The van der Waals surface area contributed by atoms with Gasteiger partial charge in [-0.05, 0) is 56.8 Å². The van der Waals surface area contributed by atoms with Gasteiger partial charge in [0, 0.05) is 11.5 Å². The summed E-state index contributed by atoms with van der Waals surface area (Å²) in [5.41, 5.74) is 4.64. The van der Waals surface area contributed by atoms with Crippen LogP contribution in [0.4, 0.5) is 0 Å². The number of carbonyl (C=O) groups is 1. The lowest BCUT2D eigenvalue weighted by Gasteiger charge is -2.32. The summed E-state index contributed by atoms with van der Waals surface area (Å²) in [7, 11) is 0. The Morgan fingerprint density at radius 2 is 1.85 bits per heavy atom. The highest BCUT2D eigenvalue weighted by molar-refractivity contribution is 5.79. The molecule has 1 amide bonds. The van der Waals surface area contributed by atoms with Crippen molar-refractivity contribution >= 4 is 5.91 Å². The number of hydrogen-bond donors (Lipinski definition) is 1. The number of hydrogen-bond acceptors (Lipinski definition) is 5. The minimum atomic E-state index is 0.0333. The third-order valence-electron chi connectivity index (χ3n) is 6.54. The normalized spacial score (nSPS) is 16.2. The smallest absolute Gasteiger partial charge is 0.241 e. The predicted molar refractivity (Wildman–Crippen MR) is 129 cm³/mol. The van der Waals surface area contributed by atoms with E-state index in [2.05, 4.69) is 66.3 Å². The van der Waals surface area contributed by atoms with Crippen LogP contribution in [-0.4, -0.2) is 34.0 Å². The van der Waals surface area contributed by atoms with Gasteiger partial charge in [0.25, 0.3) is 0 Å². The average molecular weight is 447 g/mol. The summed E-state index contributed by atoms with van der Waals surface area (Å²) < 4.78 is 5.46. The van der Waals surface area contributed by atoms with Crippen molar-refractivity contribution in [3.05, 3.63) is 71.1 Å². The lowest BCUT2D eigenvalue weighted by atomic mass is 9.90. The standard InChI is InChI=1S/C27H34N4O2/c1-18(2)25(23-11-10-19(3)16-20(23)4)29-27(32)22-12-14-31(15-13-22)17-24-28-26(30-33-24)21-8-6-5-7-9-21/h5-11,16,18,22,25H,12-15,17H2,1-4H3,(H,29,32). The van der Waals surface area contributed by atoms with Crippen molar-refractivity contribution in [1.82, 2.24) is 20.4 Å². The molecule has 1 aromatic heterocycles. The molecule has 1 unspecified atom stereocenters. The Morgan fingerprint density at radius 1 is 1.12 bits per heavy atom. The Balaban J connectivity index is 1.32. The number of benzene rings is 2. The van der Waals surface area contributed by atoms with E-state index in [0.29, 0.717) is 24.2 Å². The first-order valence-electron chi connectivity index (χ1n) is 11.9. The molecule has 0 bridgehead atoms. The first kappa shape index (κ1) is 23.2. The number of nitrogens with zero attached hydrogens (tertiary/aromatic N) is 3. The van der Waals surface area contributed by atoms with Gasteiger partial charge in [0.2, 0.25) is 17.6 Å². The molecule has 0 radical (unpaired) electrons. The minimum Gasteiger partial charge on any atom is -0.349 e. The molecule has 1 N–H and O–H groups in total. The maximum Gasteiger partial charge on any atom is 0.241 e. The highest BCUT2D eigenvalue weighted by atomic mass is 16.5. The molecule has 174 valence electrons. The number of carbonyl (C=O) groups excluding carboxylic acids is 1. The van der Waals surface area contributed by atoms with Crippen LogP contribution in [-0.2, 0) is 11.3 Å². The lowest BCUT2D eigenvalue weighted by molar-refractivity contribution is -0.127. The van der Waals surface area contributed by atoms with E-state index in [1.54, 1.807) is 0 Å². The van der Waals surface area contributed by atoms with Crippen LogP contribution in [0.1, 0.15) is 55.3 Å². The quantitative estimate of drug-likeness (QED) is 0.548. The molecule has 6 nitrogen and oxygen atoms in total. The molecule has 0 aliphatic carbocycles. The summed E-state index contributed by atoms with van der Waals surface area (Å²) in [5, 5.41) is 7.46. The first-order valence-corrected chi connectivity index (χ1v) is 11.9. The van der Waals surface area contributed by atoms with Gasteiger partial charge in [-0.25, -0.2) is 0 Å². The molecule has 1 saturated heterocycles. The highest BCUT2D eigenvalue weighted by Gasteiger charge is 2.29. The van der Waals surface area contributed by atoms with Crippen LogP contribution >= 0.6 is 0 Å². The molecular formula is C27H34N4O2. The molecule has 3 aromatic rings. The van der Waals surface area contributed by atoms with Gasteiger partial charge in [0.1, 0.15) is 0 Å². The van der Waals surface area contributed by atoms with Crippen molar-refractivity contribution in [3.8, 4) is 11.4 Å². The molecule has 1 fully saturated rings. The average Bonchev–Trinajstić information content (AvgIpc) is 3.27. The van der Waals surface area contributed by atoms with Gasteiger partial charge >= 0.3 is 0 Å². The van der Waals surface area contributed by atoms with E-state index >= 15 is 0 Å². The van der Waals surface area contributed by atoms with E-state index in [0.717, 1.165) is 31.5 Å². The second-order valence-electron chi connectivity index (χ2n) is 9.52. The van der Waals surface area contributed by atoms with Crippen LogP contribution in [0.25, 0.3) is 11.4 Å². The number of piperidine rings is 1. The zero-order chi connectivity index (χ0) is 23.4. The van der Waals surface area contributed by atoms with Gasteiger partial charge in [-0.2, -0.15) is 4.98 Å². The van der Waals surface area contributed by atoms with Gasteiger partial charge in [0.15, 0.2) is 0 Å². The van der Waals surface area contributed by atoms with Crippen molar-refractivity contribution in [2.75, 3.05) is 13.1 Å². The first-order chi connectivity index (χ1) is 15.9. The van der Waals surface area contributed by atoms with Gasteiger partial charge < -0.3 is 9.84 Å². The molecule has 1 atom stereocenters. The number of aryl methyl sites for hydroxylation is 2. The predicted octanol–water partition coefficient (Wildman–Crippen LogP) is 5.08. The zero-order valence-electron chi connectivity index (χ0n) is 20.0. The van der Waals surface area contributed by atoms with Crippen LogP contribution in [0, 0.1) is 25.7 Å². The Hall–Kier alpha value is -2.99. The van der Waals surface area contributed by atoms with Crippen molar-refractivity contribution < 1.29 is 9.32 Å². The summed E-state index contributed by atoms with van der Waals surface area (Å²) >= 11 is 0. The summed E-state index contributed by atoms with van der Waals surface area (Å²) in [5.74, 6) is 1.76. The fourth-order valence-electron chi connectivity index (χ4n) is 4.62. The SMILES string of the molecule is Cc1ccc(C(NC(=O)C2CCN(Cc3nc(-c4ccccc4)no3)CC2)C(C)C)c(C)c1. The van der Waals surface area contributed by atoms with E-state index < -0.39 is 0 Å². The fraction of sp³-hybridized carbons (Fsp3) is 0.444. The maximum absolute atomic E-state index is 13.1. The molecule has 1 aliphatic rings. The largest absolute Gasteiger partial charge is 0.349 e. The molecule has 2 heterocycles. The number of rotatable bonds is 7. The van der Waals surface area contributed by atoms with Crippen LogP contribution in [0.3, 0.4) is 0 Å². The number of nitrogens with one attached hydrogen (secondary N) is 1. The number of likely N-dealkylation sites (tertiary alicyclic amines) is 1. The van der Waals surface area contributed by atoms with Gasteiger partial charge in [-0.3, -0.25) is 9.69 Å². The molecule has 4 rings (SSSR count). The molecule has 1 aliphatic heterocycles. The molecular weight excluding hydrogens is 412 g/mol. The van der Waals surface area contributed by atoms with E-state index in [1.165, 1.54) is 16.7 Å². The molecule has 2 aromatic carbocycles. The minimum absolute atomic E-state index is 0.0333. The number of aromatic nitrogens is 2. The van der Waals surface area contributed by atoms with E-state index in [-0.39, 0.29) is 17.9 Å².